The van der Waals surface area contributed by atoms with Gasteiger partial charge in [-0.2, -0.15) is 16.1 Å². The van der Waals surface area contributed by atoms with Gasteiger partial charge in [0, 0.05) is 31.1 Å². The topological polar surface area (TPSA) is 59.5 Å². The highest BCUT2D eigenvalue weighted by molar-refractivity contribution is 7.99. The van der Waals surface area contributed by atoms with Crippen LogP contribution in [0.25, 0.3) is 0 Å². The second-order valence-electron chi connectivity index (χ2n) is 5.54. The van der Waals surface area contributed by atoms with E-state index in [2.05, 4.69) is 4.98 Å². The summed E-state index contributed by atoms with van der Waals surface area (Å²) in [6, 6.07) is 3.08. The number of thioether (sulfide) groups is 1. The van der Waals surface area contributed by atoms with Crippen molar-refractivity contribution in [2.24, 2.45) is 0 Å². The van der Waals surface area contributed by atoms with Crippen LogP contribution in [0.1, 0.15) is 19.3 Å². The van der Waals surface area contributed by atoms with Gasteiger partial charge in [0.1, 0.15) is 10.0 Å². The molecule has 3 heterocycles. The summed E-state index contributed by atoms with van der Waals surface area (Å²) in [6.07, 6.45) is 4.14. The van der Waals surface area contributed by atoms with E-state index < -0.39 is 10.0 Å². The van der Waals surface area contributed by atoms with Gasteiger partial charge in [-0.15, -0.1) is 0 Å². The Morgan fingerprint density at radius 2 is 2.27 bits per heavy atom. The maximum absolute atomic E-state index is 13.0. The standard InChI is InChI=1S/C14H19ClN2O3S2/c15-14-4-3-13(8-16-14)22(18,19)17(11-5-7-21-10-11)9-12-2-1-6-20-12/h3-4,8,11-12H,1-2,5-7,9-10H2/t11-,12-/m1/s1. The molecule has 0 spiro atoms. The zero-order chi connectivity index (χ0) is 15.6. The van der Waals surface area contributed by atoms with E-state index in [1.54, 1.807) is 16.1 Å². The maximum atomic E-state index is 13.0. The molecule has 2 aliphatic heterocycles. The number of sulfonamides is 1. The second kappa shape index (κ2) is 7.05. The fraction of sp³-hybridized carbons (Fsp3) is 0.643. The van der Waals surface area contributed by atoms with Crippen molar-refractivity contribution in [3.63, 3.8) is 0 Å². The van der Waals surface area contributed by atoms with Gasteiger partial charge in [-0.1, -0.05) is 11.6 Å². The smallest absolute Gasteiger partial charge is 0.244 e. The highest BCUT2D eigenvalue weighted by Crippen LogP contribution is 2.29. The molecule has 2 saturated heterocycles. The lowest BCUT2D eigenvalue weighted by Crippen LogP contribution is -2.44. The molecule has 0 aliphatic carbocycles. The van der Waals surface area contributed by atoms with Gasteiger partial charge in [0.15, 0.2) is 0 Å². The van der Waals surface area contributed by atoms with Gasteiger partial charge in [0.2, 0.25) is 10.0 Å². The fourth-order valence-corrected chi connectivity index (χ4v) is 5.89. The largest absolute Gasteiger partial charge is 0.377 e. The summed E-state index contributed by atoms with van der Waals surface area (Å²) in [7, 11) is -3.57. The normalized spacial score (nSPS) is 25.9. The maximum Gasteiger partial charge on any atom is 0.244 e. The van der Waals surface area contributed by atoms with Crippen LogP contribution in [0.5, 0.6) is 0 Å². The van der Waals surface area contributed by atoms with Crippen LogP contribution < -0.4 is 0 Å². The molecule has 22 heavy (non-hydrogen) atoms. The van der Waals surface area contributed by atoms with Crippen molar-refractivity contribution in [3.05, 3.63) is 23.5 Å². The van der Waals surface area contributed by atoms with Crippen molar-refractivity contribution in [1.29, 1.82) is 0 Å². The minimum atomic E-state index is -3.57. The van der Waals surface area contributed by atoms with Gasteiger partial charge >= 0.3 is 0 Å². The summed E-state index contributed by atoms with van der Waals surface area (Å²) in [5.41, 5.74) is 0. The van der Waals surface area contributed by atoms with Crippen molar-refractivity contribution in [2.45, 2.75) is 36.3 Å². The molecule has 8 heteroatoms. The lowest BCUT2D eigenvalue weighted by molar-refractivity contribution is 0.0877. The Morgan fingerprint density at radius 1 is 1.41 bits per heavy atom. The number of ether oxygens (including phenoxy) is 1. The molecule has 0 amide bonds. The predicted octanol–water partition coefficient (Wildman–Crippen LogP) is 2.41. The van der Waals surface area contributed by atoms with Crippen LogP contribution >= 0.6 is 23.4 Å². The highest BCUT2D eigenvalue weighted by Gasteiger charge is 2.36. The van der Waals surface area contributed by atoms with Gasteiger partial charge in [-0.25, -0.2) is 13.4 Å². The third-order valence-electron chi connectivity index (χ3n) is 4.03. The summed E-state index contributed by atoms with van der Waals surface area (Å²) in [4.78, 5) is 4.11. The van der Waals surface area contributed by atoms with Crippen molar-refractivity contribution < 1.29 is 13.2 Å². The van der Waals surface area contributed by atoms with Gasteiger partial charge in [-0.05, 0) is 37.1 Å². The molecular formula is C14H19ClN2O3S2. The third kappa shape index (κ3) is 3.59. The van der Waals surface area contributed by atoms with Crippen molar-refractivity contribution >= 4 is 33.4 Å². The van der Waals surface area contributed by atoms with Gasteiger partial charge in [0.25, 0.3) is 0 Å². The van der Waals surface area contributed by atoms with E-state index in [4.69, 9.17) is 16.3 Å². The molecule has 2 atom stereocenters. The highest BCUT2D eigenvalue weighted by atomic mass is 35.5. The molecule has 0 unspecified atom stereocenters. The summed E-state index contributed by atoms with van der Waals surface area (Å²) < 4.78 is 33.3. The molecule has 0 aromatic carbocycles. The van der Waals surface area contributed by atoms with Crippen molar-refractivity contribution in [3.8, 4) is 0 Å². The van der Waals surface area contributed by atoms with E-state index in [-0.39, 0.29) is 17.0 Å². The number of hydrogen-bond acceptors (Lipinski definition) is 5. The Labute approximate surface area is 140 Å². The minimum absolute atomic E-state index is 0.000587. The Bertz CT molecular complexity index is 597. The van der Waals surface area contributed by atoms with E-state index in [0.29, 0.717) is 11.7 Å². The molecule has 2 aliphatic rings. The summed E-state index contributed by atoms with van der Waals surface area (Å²) >= 11 is 7.56. The predicted molar refractivity (Wildman–Crippen MR) is 87.8 cm³/mol. The Kier molecular flexibility index (Phi) is 5.29. The fourth-order valence-electron chi connectivity index (χ4n) is 2.83. The Balaban J connectivity index is 1.87. The molecule has 122 valence electrons. The molecule has 1 aromatic rings. The third-order valence-corrected chi connectivity index (χ3v) is 7.30. The van der Waals surface area contributed by atoms with E-state index in [0.717, 1.165) is 37.4 Å². The molecule has 3 rings (SSSR count). The Hall–Kier alpha value is -0.340. The lowest BCUT2D eigenvalue weighted by Gasteiger charge is -2.29. The first-order valence-corrected chi connectivity index (χ1v) is 10.4. The first-order valence-electron chi connectivity index (χ1n) is 7.40. The molecule has 0 radical (unpaired) electrons. The average molecular weight is 363 g/mol. The summed E-state index contributed by atoms with van der Waals surface area (Å²) in [5, 5.41) is 0.293. The zero-order valence-corrected chi connectivity index (χ0v) is 14.5. The number of aromatic nitrogens is 1. The van der Waals surface area contributed by atoms with Gasteiger partial charge in [-0.3, -0.25) is 0 Å². The molecule has 2 fully saturated rings. The molecule has 5 nitrogen and oxygen atoms in total. The van der Waals surface area contributed by atoms with Crippen LogP contribution in [0.15, 0.2) is 23.2 Å². The molecule has 1 aromatic heterocycles. The van der Waals surface area contributed by atoms with Crippen molar-refractivity contribution in [1.82, 2.24) is 9.29 Å². The Morgan fingerprint density at radius 3 is 2.86 bits per heavy atom. The van der Waals surface area contributed by atoms with E-state index in [9.17, 15) is 8.42 Å². The molecular weight excluding hydrogens is 344 g/mol. The van der Waals surface area contributed by atoms with Crippen LogP contribution in [0, 0.1) is 0 Å². The molecule has 0 bridgehead atoms. The van der Waals surface area contributed by atoms with Gasteiger partial charge < -0.3 is 4.74 Å². The van der Waals surface area contributed by atoms with Crippen molar-refractivity contribution in [2.75, 3.05) is 24.7 Å². The SMILES string of the molecule is O=S(=O)(c1ccc(Cl)nc1)N(C[C@H]1CCCO1)[C@@H]1CCSC1. The second-order valence-corrected chi connectivity index (χ2v) is 8.97. The van der Waals surface area contributed by atoms with Crippen LogP contribution in [0.3, 0.4) is 0 Å². The quantitative estimate of drug-likeness (QED) is 0.753. The van der Waals surface area contributed by atoms with Crippen LogP contribution in [0.2, 0.25) is 5.15 Å². The van der Waals surface area contributed by atoms with Crippen LogP contribution in [-0.2, 0) is 14.8 Å². The van der Waals surface area contributed by atoms with E-state index >= 15 is 0 Å². The minimum Gasteiger partial charge on any atom is -0.377 e. The number of halogens is 1. The van der Waals surface area contributed by atoms with Crippen LogP contribution in [0.4, 0.5) is 0 Å². The number of hydrogen-bond donors (Lipinski definition) is 0. The average Bonchev–Trinajstić information content (AvgIpc) is 3.18. The monoisotopic (exact) mass is 362 g/mol. The first-order chi connectivity index (χ1) is 10.6. The zero-order valence-electron chi connectivity index (χ0n) is 12.2. The van der Waals surface area contributed by atoms with Crippen LogP contribution in [-0.4, -0.2) is 54.5 Å². The van der Waals surface area contributed by atoms with E-state index in [1.807, 2.05) is 0 Å². The number of rotatable bonds is 5. The first kappa shape index (κ1) is 16.5. The van der Waals surface area contributed by atoms with E-state index in [1.165, 1.54) is 18.3 Å². The lowest BCUT2D eigenvalue weighted by atomic mass is 10.2. The van der Waals surface area contributed by atoms with Gasteiger partial charge in [0.05, 0.1) is 6.10 Å². The summed E-state index contributed by atoms with van der Waals surface area (Å²) in [6.45, 7) is 1.15. The number of pyridine rings is 1. The molecule has 0 saturated carbocycles. The summed E-state index contributed by atoms with van der Waals surface area (Å²) in [5.74, 6) is 1.84. The molecule has 0 N–H and O–H groups in total. The number of nitrogens with zero attached hydrogens (tertiary/aromatic N) is 2.